The lowest BCUT2D eigenvalue weighted by molar-refractivity contribution is -0.278. The number of fused-ring (bicyclic) bond motifs is 2. The topological polar surface area (TPSA) is 49.7 Å². The van der Waals surface area contributed by atoms with Crippen molar-refractivity contribution in [3.63, 3.8) is 0 Å². The quantitative estimate of drug-likeness (QED) is 0.635. The average Bonchev–Trinajstić information content (AvgIpc) is 2.53. The Bertz CT molecular complexity index is 200. The monoisotopic (exact) mass is 186 g/mol. The fourth-order valence-corrected chi connectivity index (χ4v) is 3.22. The molecule has 0 aromatic carbocycles. The van der Waals surface area contributed by atoms with Crippen molar-refractivity contribution in [3.8, 4) is 0 Å². The molecule has 1 unspecified atom stereocenters. The van der Waals surface area contributed by atoms with Crippen molar-refractivity contribution in [3.05, 3.63) is 0 Å². The van der Waals surface area contributed by atoms with Crippen LogP contribution in [0.25, 0.3) is 0 Å². The molecule has 0 spiro atoms. The fourth-order valence-electron chi connectivity index (χ4n) is 3.22. The van der Waals surface area contributed by atoms with E-state index in [0.717, 1.165) is 0 Å². The van der Waals surface area contributed by atoms with Crippen molar-refractivity contribution in [2.75, 3.05) is 0 Å². The third kappa shape index (κ3) is 1.39. The smallest absolute Gasteiger partial charge is 0.266 e. The highest BCUT2D eigenvalue weighted by Crippen LogP contribution is 2.56. The van der Waals surface area contributed by atoms with E-state index < -0.39 is 6.48 Å². The molecule has 2 N–H and O–H groups in total. The number of aliphatic hydroxyl groups is 2. The van der Waals surface area contributed by atoms with E-state index in [4.69, 9.17) is 14.9 Å². The van der Waals surface area contributed by atoms with Crippen molar-refractivity contribution in [1.29, 1.82) is 0 Å². The Kier molecular flexibility index (Phi) is 2.13. The van der Waals surface area contributed by atoms with E-state index in [9.17, 15) is 0 Å². The molecule has 76 valence electrons. The number of hydrogen-bond donors (Lipinski definition) is 2. The van der Waals surface area contributed by atoms with Crippen molar-refractivity contribution < 1.29 is 14.9 Å². The van der Waals surface area contributed by atoms with Crippen LogP contribution in [-0.2, 0) is 4.74 Å². The second-order valence-electron chi connectivity index (χ2n) is 4.97. The third-order valence-corrected chi connectivity index (χ3v) is 3.96. The van der Waals surface area contributed by atoms with Gasteiger partial charge in [-0.2, -0.15) is 0 Å². The minimum atomic E-state index is -1.61. The number of ether oxygens (including phenoxy) is 1. The molecule has 2 aliphatic rings. The van der Waals surface area contributed by atoms with Gasteiger partial charge in [0.2, 0.25) is 0 Å². The maximum Gasteiger partial charge on any atom is 0.266 e. The first-order valence-corrected chi connectivity index (χ1v) is 5.03. The third-order valence-electron chi connectivity index (χ3n) is 3.96. The fraction of sp³-hybridized carbons (Fsp3) is 1.00. The number of aliphatic hydroxyl groups excluding tert-OH is 1. The van der Waals surface area contributed by atoms with Gasteiger partial charge in [0, 0.05) is 0 Å². The van der Waals surface area contributed by atoms with E-state index in [-0.39, 0.29) is 11.5 Å². The zero-order valence-corrected chi connectivity index (χ0v) is 8.23. The Balaban J connectivity index is 2.10. The van der Waals surface area contributed by atoms with E-state index in [1.54, 1.807) is 0 Å². The summed E-state index contributed by atoms with van der Waals surface area (Å²) in [5.41, 5.74) is 0.118. The lowest BCUT2D eigenvalue weighted by Gasteiger charge is -2.38. The van der Waals surface area contributed by atoms with Gasteiger partial charge in [-0.15, -0.1) is 0 Å². The lowest BCUT2D eigenvalue weighted by Crippen LogP contribution is -2.40. The van der Waals surface area contributed by atoms with Crippen LogP contribution in [-0.4, -0.2) is 22.8 Å². The van der Waals surface area contributed by atoms with Crippen molar-refractivity contribution in [1.82, 2.24) is 0 Å². The molecule has 3 nitrogen and oxygen atoms in total. The molecule has 2 rings (SSSR count). The summed E-state index contributed by atoms with van der Waals surface area (Å²) >= 11 is 0. The van der Waals surface area contributed by atoms with Crippen LogP contribution in [0.15, 0.2) is 0 Å². The Morgan fingerprint density at radius 2 is 2.00 bits per heavy atom. The van der Waals surface area contributed by atoms with Crippen LogP contribution < -0.4 is 0 Å². The summed E-state index contributed by atoms with van der Waals surface area (Å²) < 4.78 is 5.17. The van der Waals surface area contributed by atoms with Gasteiger partial charge in [0.25, 0.3) is 6.48 Å². The highest BCUT2D eigenvalue weighted by Gasteiger charge is 2.53. The normalized spacial score (nSPS) is 41.8. The Morgan fingerprint density at radius 1 is 1.31 bits per heavy atom. The molecular weight excluding hydrogens is 168 g/mol. The first kappa shape index (κ1) is 9.44. The van der Waals surface area contributed by atoms with Crippen LogP contribution in [0.3, 0.4) is 0 Å². The van der Waals surface area contributed by atoms with Gasteiger partial charge in [0.1, 0.15) is 0 Å². The number of rotatable bonds is 2. The van der Waals surface area contributed by atoms with Gasteiger partial charge in [0.05, 0.1) is 6.10 Å². The molecule has 0 aromatic heterocycles. The van der Waals surface area contributed by atoms with Crippen LogP contribution in [0.2, 0.25) is 0 Å². The SMILES string of the molecule is CC1(C)[C@@H]2CCC(C2)[C@@H]1OC(O)O. The van der Waals surface area contributed by atoms with Crippen LogP contribution in [0, 0.1) is 17.3 Å². The zero-order valence-electron chi connectivity index (χ0n) is 8.23. The van der Waals surface area contributed by atoms with Crippen molar-refractivity contribution in [2.24, 2.45) is 17.3 Å². The number of hydrogen-bond acceptors (Lipinski definition) is 3. The Hall–Kier alpha value is -0.120. The van der Waals surface area contributed by atoms with Gasteiger partial charge < -0.3 is 14.9 Å². The van der Waals surface area contributed by atoms with Gasteiger partial charge in [-0.05, 0) is 36.5 Å². The highest BCUT2D eigenvalue weighted by molar-refractivity contribution is 5.02. The summed E-state index contributed by atoms with van der Waals surface area (Å²) in [7, 11) is 0. The van der Waals surface area contributed by atoms with E-state index in [0.29, 0.717) is 11.8 Å². The molecule has 2 saturated carbocycles. The summed E-state index contributed by atoms with van der Waals surface area (Å²) in [5.74, 6) is 1.25. The van der Waals surface area contributed by atoms with Gasteiger partial charge in [-0.3, -0.25) is 0 Å². The maximum absolute atomic E-state index is 8.81. The molecule has 3 atom stereocenters. The van der Waals surface area contributed by atoms with E-state index >= 15 is 0 Å². The summed E-state index contributed by atoms with van der Waals surface area (Å²) in [5, 5.41) is 17.6. The van der Waals surface area contributed by atoms with E-state index in [2.05, 4.69) is 13.8 Å². The van der Waals surface area contributed by atoms with E-state index in [1.807, 2.05) is 0 Å². The first-order valence-electron chi connectivity index (χ1n) is 5.03. The highest BCUT2D eigenvalue weighted by atomic mass is 16.7. The summed E-state index contributed by atoms with van der Waals surface area (Å²) in [6.45, 7) is 2.73. The predicted octanol–water partition coefficient (Wildman–Crippen LogP) is 1.10. The minimum absolute atomic E-state index is 0.0336. The average molecular weight is 186 g/mol. The summed E-state index contributed by atoms with van der Waals surface area (Å²) in [6.07, 6.45) is 3.70. The molecular formula is C10H18O3. The summed E-state index contributed by atoms with van der Waals surface area (Å²) in [6, 6.07) is 0. The van der Waals surface area contributed by atoms with Gasteiger partial charge >= 0.3 is 0 Å². The van der Waals surface area contributed by atoms with Crippen LogP contribution >= 0.6 is 0 Å². The largest absolute Gasteiger partial charge is 0.346 e. The first-order chi connectivity index (χ1) is 6.01. The second kappa shape index (κ2) is 2.94. The molecule has 0 amide bonds. The van der Waals surface area contributed by atoms with E-state index in [1.165, 1.54) is 19.3 Å². The van der Waals surface area contributed by atoms with Crippen LogP contribution in [0.1, 0.15) is 33.1 Å². The van der Waals surface area contributed by atoms with Crippen LogP contribution in [0.4, 0.5) is 0 Å². The van der Waals surface area contributed by atoms with Gasteiger partial charge in [-0.1, -0.05) is 13.8 Å². The Labute approximate surface area is 78.7 Å². The molecule has 13 heavy (non-hydrogen) atoms. The molecule has 0 radical (unpaired) electrons. The summed E-state index contributed by atoms with van der Waals surface area (Å²) in [4.78, 5) is 0. The van der Waals surface area contributed by atoms with Crippen molar-refractivity contribution in [2.45, 2.75) is 45.7 Å². The van der Waals surface area contributed by atoms with Gasteiger partial charge in [0.15, 0.2) is 0 Å². The molecule has 2 bridgehead atoms. The van der Waals surface area contributed by atoms with Crippen LogP contribution in [0.5, 0.6) is 0 Å². The molecule has 3 heteroatoms. The van der Waals surface area contributed by atoms with Crippen molar-refractivity contribution >= 4 is 0 Å². The minimum Gasteiger partial charge on any atom is -0.346 e. The second-order valence-corrected chi connectivity index (χ2v) is 4.97. The maximum atomic E-state index is 8.81. The zero-order chi connectivity index (χ0) is 9.64. The predicted molar refractivity (Wildman–Crippen MR) is 47.7 cm³/mol. The molecule has 0 heterocycles. The molecule has 0 saturated heterocycles. The molecule has 2 aliphatic carbocycles. The lowest BCUT2D eigenvalue weighted by atomic mass is 9.74. The molecule has 0 aliphatic heterocycles. The molecule has 0 aromatic rings. The van der Waals surface area contributed by atoms with Gasteiger partial charge in [-0.25, -0.2) is 0 Å². The molecule has 2 fully saturated rings. The standard InChI is InChI=1S/C10H18O3/c1-10(2)7-4-3-6(5-7)8(10)13-9(11)12/h6-9,11-12H,3-5H2,1-2H3/t6?,7-,8+/m1/s1. The Morgan fingerprint density at radius 3 is 2.46 bits per heavy atom.